The molecule has 4 saturated carbocycles. The number of carbonyl (C=O) groups excluding carboxylic acids is 1. The molecule has 0 radical (unpaired) electrons. The smallest absolute Gasteiger partial charge is 0.226 e. The Balaban J connectivity index is 1.33. The maximum atomic E-state index is 13.4. The van der Waals surface area contributed by atoms with Crippen LogP contribution in [0.25, 0.3) is 0 Å². The molecule has 1 N–H and O–H groups in total. The first-order chi connectivity index (χ1) is 13.1. The molecular weight excluding hydrogens is 341 g/mol. The number of benzene rings is 1. The second-order valence-corrected chi connectivity index (χ2v) is 9.78. The van der Waals surface area contributed by atoms with Crippen molar-refractivity contribution in [1.82, 2.24) is 5.32 Å². The summed E-state index contributed by atoms with van der Waals surface area (Å²) in [5, 5.41) is 3.38. The summed E-state index contributed by atoms with van der Waals surface area (Å²) in [4.78, 5) is 13.4. The summed E-state index contributed by atoms with van der Waals surface area (Å²) in [5.41, 5.74) is 0.881. The average molecular weight is 371 g/mol. The Labute approximate surface area is 161 Å². The number of amides is 1. The molecule has 6 rings (SSSR count). The molecule has 1 aliphatic heterocycles. The van der Waals surface area contributed by atoms with Gasteiger partial charge in [-0.3, -0.25) is 4.79 Å². The standard InChI is InChI=1S/C23H30FNO2/c24-20-3-1-19(2-4-20)22(5-7-27-8-6-22)15-25-21(26)23-12-16-9-17(13-23)11-18(10-16)14-23/h1-4,16-18H,5-15H2,(H,25,26). The number of hydrogen-bond acceptors (Lipinski definition) is 2. The van der Waals surface area contributed by atoms with Crippen LogP contribution in [0.15, 0.2) is 24.3 Å². The van der Waals surface area contributed by atoms with Crippen molar-refractivity contribution < 1.29 is 13.9 Å². The van der Waals surface area contributed by atoms with E-state index in [0.717, 1.165) is 55.4 Å². The number of nitrogens with one attached hydrogen (secondary N) is 1. The number of ether oxygens (including phenoxy) is 1. The van der Waals surface area contributed by atoms with Gasteiger partial charge < -0.3 is 10.1 Å². The molecule has 1 aromatic carbocycles. The van der Waals surface area contributed by atoms with E-state index in [4.69, 9.17) is 4.74 Å². The number of rotatable bonds is 4. The van der Waals surface area contributed by atoms with Crippen molar-refractivity contribution in [2.45, 2.75) is 56.8 Å². The van der Waals surface area contributed by atoms with Crippen molar-refractivity contribution in [3.63, 3.8) is 0 Å². The first kappa shape index (κ1) is 17.7. The maximum Gasteiger partial charge on any atom is 0.226 e. The van der Waals surface area contributed by atoms with Gasteiger partial charge in [0.05, 0.1) is 0 Å². The second-order valence-electron chi connectivity index (χ2n) is 9.78. The van der Waals surface area contributed by atoms with Crippen molar-refractivity contribution in [2.24, 2.45) is 23.2 Å². The van der Waals surface area contributed by atoms with Crippen LogP contribution in [0.1, 0.15) is 56.9 Å². The van der Waals surface area contributed by atoms with Gasteiger partial charge in [-0.2, -0.15) is 0 Å². The van der Waals surface area contributed by atoms with Crippen LogP contribution in [0, 0.1) is 29.0 Å². The van der Waals surface area contributed by atoms with Gasteiger partial charge in [0, 0.05) is 30.6 Å². The molecule has 4 aliphatic carbocycles. The second kappa shape index (κ2) is 6.58. The largest absolute Gasteiger partial charge is 0.381 e. The Bertz CT molecular complexity index is 672. The van der Waals surface area contributed by atoms with Crippen LogP contribution in [0.4, 0.5) is 4.39 Å². The lowest BCUT2D eigenvalue weighted by atomic mass is 9.49. The fourth-order valence-electron chi connectivity index (χ4n) is 6.96. The van der Waals surface area contributed by atoms with Gasteiger partial charge in [-0.15, -0.1) is 0 Å². The van der Waals surface area contributed by atoms with Gasteiger partial charge in [-0.05, 0) is 86.8 Å². The van der Waals surface area contributed by atoms with Crippen molar-refractivity contribution in [3.8, 4) is 0 Å². The summed E-state index contributed by atoms with van der Waals surface area (Å²) in [6, 6.07) is 6.84. The zero-order valence-electron chi connectivity index (χ0n) is 16.0. The molecule has 1 saturated heterocycles. The van der Waals surface area contributed by atoms with Crippen molar-refractivity contribution in [2.75, 3.05) is 19.8 Å². The lowest BCUT2D eigenvalue weighted by Gasteiger charge is -2.55. The van der Waals surface area contributed by atoms with Gasteiger partial charge in [0.25, 0.3) is 0 Å². The Morgan fingerprint density at radius 3 is 2.11 bits per heavy atom. The SMILES string of the molecule is O=C(NCC1(c2ccc(F)cc2)CCOCC1)C12CC3CC(CC(C3)C1)C2. The third kappa shape index (κ3) is 3.10. The summed E-state index contributed by atoms with van der Waals surface area (Å²) < 4.78 is 19.0. The van der Waals surface area contributed by atoms with Crippen LogP contribution in [-0.2, 0) is 14.9 Å². The Morgan fingerprint density at radius 2 is 1.56 bits per heavy atom. The van der Waals surface area contributed by atoms with E-state index in [0.29, 0.717) is 19.8 Å². The molecule has 4 heteroatoms. The summed E-state index contributed by atoms with van der Waals surface area (Å²) in [6.07, 6.45) is 9.09. The van der Waals surface area contributed by atoms with E-state index in [1.165, 1.54) is 31.4 Å². The minimum Gasteiger partial charge on any atom is -0.381 e. The number of halogens is 1. The van der Waals surface area contributed by atoms with Crippen molar-refractivity contribution >= 4 is 5.91 Å². The van der Waals surface area contributed by atoms with Crippen LogP contribution >= 0.6 is 0 Å². The quantitative estimate of drug-likeness (QED) is 0.861. The van der Waals surface area contributed by atoms with E-state index in [1.54, 1.807) is 0 Å². The van der Waals surface area contributed by atoms with Gasteiger partial charge in [0.15, 0.2) is 0 Å². The summed E-state index contributed by atoms with van der Waals surface area (Å²) in [7, 11) is 0. The molecule has 3 nitrogen and oxygen atoms in total. The van der Waals surface area contributed by atoms with Crippen molar-refractivity contribution in [1.29, 1.82) is 0 Å². The van der Waals surface area contributed by atoms with E-state index in [1.807, 2.05) is 12.1 Å². The first-order valence-electron chi connectivity index (χ1n) is 10.7. The minimum absolute atomic E-state index is 0.107. The summed E-state index contributed by atoms with van der Waals surface area (Å²) in [5.74, 6) is 2.40. The third-order valence-electron chi connectivity index (χ3n) is 8.01. The molecule has 1 aromatic rings. The van der Waals surface area contributed by atoms with Gasteiger partial charge in [-0.25, -0.2) is 4.39 Å². The Kier molecular flexibility index (Phi) is 4.30. The number of carbonyl (C=O) groups is 1. The molecule has 1 heterocycles. The van der Waals surface area contributed by atoms with E-state index in [-0.39, 0.29) is 22.6 Å². The summed E-state index contributed by atoms with van der Waals surface area (Å²) in [6.45, 7) is 2.04. The fourth-order valence-corrected chi connectivity index (χ4v) is 6.96. The van der Waals surface area contributed by atoms with Gasteiger partial charge in [0.2, 0.25) is 5.91 Å². The highest BCUT2D eigenvalue weighted by atomic mass is 19.1. The van der Waals surface area contributed by atoms with E-state index in [9.17, 15) is 9.18 Å². The topological polar surface area (TPSA) is 38.3 Å². The lowest BCUT2D eigenvalue weighted by molar-refractivity contribution is -0.146. The normalized spacial score (nSPS) is 36.6. The van der Waals surface area contributed by atoms with E-state index < -0.39 is 0 Å². The van der Waals surface area contributed by atoms with Gasteiger partial charge in [-0.1, -0.05) is 12.1 Å². The van der Waals surface area contributed by atoms with Crippen LogP contribution in [-0.4, -0.2) is 25.7 Å². The van der Waals surface area contributed by atoms with E-state index >= 15 is 0 Å². The predicted molar refractivity (Wildman–Crippen MR) is 102 cm³/mol. The average Bonchev–Trinajstić information content (AvgIpc) is 2.66. The molecule has 5 aliphatic rings. The van der Waals surface area contributed by atoms with Crippen molar-refractivity contribution in [3.05, 3.63) is 35.6 Å². The molecule has 146 valence electrons. The summed E-state index contributed by atoms with van der Waals surface area (Å²) >= 11 is 0. The molecule has 0 unspecified atom stereocenters. The first-order valence-corrected chi connectivity index (χ1v) is 10.7. The van der Waals surface area contributed by atoms with Crippen LogP contribution in [0.3, 0.4) is 0 Å². The lowest BCUT2D eigenvalue weighted by Crippen LogP contribution is -2.55. The van der Waals surface area contributed by atoms with Crippen LogP contribution in [0.2, 0.25) is 0 Å². The molecule has 27 heavy (non-hydrogen) atoms. The van der Waals surface area contributed by atoms with Gasteiger partial charge in [0.1, 0.15) is 5.82 Å². The maximum absolute atomic E-state index is 13.4. The Morgan fingerprint density at radius 1 is 1.00 bits per heavy atom. The minimum atomic E-state index is -0.210. The fraction of sp³-hybridized carbons (Fsp3) is 0.696. The zero-order valence-corrected chi connectivity index (χ0v) is 16.0. The monoisotopic (exact) mass is 371 g/mol. The zero-order chi connectivity index (χ0) is 18.5. The molecule has 1 amide bonds. The van der Waals surface area contributed by atoms with E-state index in [2.05, 4.69) is 5.32 Å². The molecule has 4 bridgehead atoms. The highest BCUT2D eigenvalue weighted by molar-refractivity contribution is 5.83. The molecule has 0 spiro atoms. The van der Waals surface area contributed by atoms with Crippen LogP contribution in [0.5, 0.6) is 0 Å². The van der Waals surface area contributed by atoms with Crippen LogP contribution < -0.4 is 5.32 Å². The molecule has 5 fully saturated rings. The highest BCUT2D eigenvalue weighted by Crippen LogP contribution is 2.60. The predicted octanol–water partition coefficient (Wildman–Crippen LogP) is 4.21. The molecule has 0 atom stereocenters. The number of hydrogen-bond donors (Lipinski definition) is 1. The third-order valence-corrected chi connectivity index (χ3v) is 8.01. The Hall–Kier alpha value is -1.42. The molecular formula is C23H30FNO2. The molecule has 0 aromatic heterocycles. The highest BCUT2D eigenvalue weighted by Gasteiger charge is 2.54. The van der Waals surface area contributed by atoms with Gasteiger partial charge >= 0.3 is 0 Å².